The molecule has 1 aliphatic heterocycles. The molecule has 2 rings (SSSR count). The maximum atomic E-state index is 5.43. The first-order chi connectivity index (χ1) is 9.94. The lowest BCUT2D eigenvalue weighted by atomic mass is 10.00. The van der Waals surface area contributed by atoms with Crippen LogP contribution < -0.4 is 10.2 Å². The Labute approximate surface area is 128 Å². The molecule has 0 unspecified atom stereocenters. The summed E-state index contributed by atoms with van der Waals surface area (Å²) in [6.45, 7) is 10.2. The van der Waals surface area contributed by atoms with Gasteiger partial charge in [-0.15, -0.1) is 0 Å². The van der Waals surface area contributed by atoms with E-state index in [-0.39, 0.29) is 5.54 Å². The molecule has 1 aromatic heterocycles. The highest BCUT2D eigenvalue weighted by molar-refractivity contribution is 5.38. The number of nitrogens with one attached hydrogen (secondary N) is 1. The standard InChI is InChI=1S/C17H29N3O/c1-17(2,3)18-12-15-6-5-7-16(19-15)20(4)13-14-8-10-21-11-9-14/h5-7,14,18H,8-13H2,1-4H3. The van der Waals surface area contributed by atoms with Crippen LogP contribution in [0, 0.1) is 5.92 Å². The SMILES string of the molecule is CN(CC1CCOCC1)c1cccc(CNC(C)(C)C)n1. The van der Waals surface area contributed by atoms with E-state index in [1.165, 1.54) is 0 Å². The van der Waals surface area contributed by atoms with Gasteiger partial charge >= 0.3 is 0 Å². The number of rotatable bonds is 5. The Kier molecular flexibility index (Phi) is 5.59. The number of hydrogen-bond donors (Lipinski definition) is 1. The van der Waals surface area contributed by atoms with Gasteiger partial charge in [-0.2, -0.15) is 0 Å². The van der Waals surface area contributed by atoms with E-state index in [1.54, 1.807) is 0 Å². The summed E-state index contributed by atoms with van der Waals surface area (Å²) in [5, 5.41) is 3.49. The van der Waals surface area contributed by atoms with E-state index in [9.17, 15) is 0 Å². The molecule has 0 aliphatic carbocycles. The second kappa shape index (κ2) is 7.23. The molecule has 1 fully saturated rings. The van der Waals surface area contributed by atoms with Gasteiger partial charge in [-0.25, -0.2) is 4.98 Å². The van der Waals surface area contributed by atoms with Crippen LogP contribution in [-0.4, -0.2) is 37.3 Å². The van der Waals surface area contributed by atoms with Gasteiger partial charge in [-0.05, 0) is 51.7 Å². The number of anilines is 1. The van der Waals surface area contributed by atoms with Gasteiger partial charge in [0.25, 0.3) is 0 Å². The molecule has 0 bridgehead atoms. The highest BCUT2D eigenvalue weighted by Gasteiger charge is 2.17. The quantitative estimate of drug-likeness (QED) is 0.905. The summed E-state index contributed by atoms with van der Waals surface area (Å²) in [4.78, 5) is 7.05. The van der Waals surface area contributed by atoms with Gasteiger partial charge in [0.2, 0.25) is 0 Å². The lowest BCUT2D eigenvalue weighted by molar-refractivity contribution is 0.0685. The molecule has 0 amide bonds. The van der Waals surface area contributed by atoms with Crippen molar-refractivity contribution in [2.45, 2.75) is 45.7 Å². The molecular weight excluding hydrogens is 262 g/mol. The third-order valence-electron chi connectivity index (χ3n) is 3.86. The Bertz CT molecular complexity index is 436. The van der Waals surface area contributed by atoms with E-state index in [0.29, 0.717) is 0 Å². The highest BCUT2D eigenvalue weighted by atomic mass is 16.5. The molecule has 0 aromatic carbocycles. The second-order valence-electron chi connectivity index (χ2n) is 7.03. The molecule has 118 valence electrons. The number of nitrogens with zero attached hydrogens (tertiary/aromatic N) is 2. The lowest BCUT2D eigenvalue weighted by Crippen LogP contribution is -2.35. The van der Waals surface area contributed by atoms with Crippen molar-refractivity contribution in [3.8, 4) is 0 Å². The van der Waals surface area contributed by atoms with Crippen LogP contribution in [0.3, 0.4) is 0 Å². The summed E-state index contributed by atoms with van der Waals surface area (Å²) >= 11 is 0. The zero-order valence-electron chi connectivity index (χ0n) is 13.9. The zero-order valence-corrected chi connectivity index (χ0v) is 13.9. The molecule has 21 heavy (non-hydrogen) atoms. The minimum absolute atomic E-state index is 0.117. The van der Waals surface area contributed by atoms with Crippen molar-refractivity contribution in [1.29, 1.82) is 0 Å². The molecule has 4 nitrogen and oxygen atoms in total. The largest absolute Gasteiger partial charge is 0.381 e. The third kappa shape index (κ3) is 5.64. The maximum absolute atomic E-state index is 5.43. The smallest absolute Gasteiger partial charge is 0.128 e. The van der Waals surface area contributed by atoms with Crippen molar-refractivity contribution in [3.63, 3.8) is 0 Å². The summed E-state index contributed by atoms with van der Waals surface area (Å²) in [7, 11) is 2.14. The highest BCUT2D eigenvalue weighted by Crippen LogP contribution is 2.19. The predicted molar refractivity (Wildman–Crippen MR) is 87.6 cm³/mol. The average molecular weight is 291 g/mol. The Morgan fingerprint density at radius 3 is 2.67 bits per heavy atom. The molecule has 1 aromatic rings. The van der Waals surface area contributed by atoms with Crippen LogP contribution in [0.5, 0.6) is 0 Å². The maximum Gasteiger partial charge on any atom is 0.128 e. The first kappa shape index (κ1) is 16.2. The topological polar surface area (TPSA) is 37.4 Å². The first-order valence-electron chi connectivity index (χ1n) is 7.94. The van der Waals surface area contributed by atoms with E-state index < -0.39 is 0 Å². The molecule has 1 N–H and O–H groups in total. The van der Waals surface area contributed by atoms with E-state index in [4.69, 9.17) is 9.72 Å². The minimum atomic E-state index is 0.117. The van der Waals surface area contributed by atoms with Gasteiger partial charge in [0.1, 0.15) is 5.82 Å². The summed E-state index contributed by atoms with van der Waals surface area (Å²) in [5.41, 5.74) is 1.22. The van der Waals surface area contributed by atoms with Crippen LogP contribution >= 0.6 is 0 Å². The van der Waals surface area contributed by atoms with Crippen molar-refractivity contribution < 1.29 is 4.74 Å². The van der Waals surface area contributed by atoms with Crippen LogP contribution in [0.2, 0.25) is 0 Å². The van der Waals surface area contributed by atoms with E-state index in [0.717, 1.165) is 56.6 Å². The van der Waals surface area contributed by atoms with Gasteiger partial charge in [0, 0.05) is 38.9 Å². The Morgan fingerprint density at radius 1 is 1.29 bits per heavy atom. The van der Waals surface area contributed by atoms with Gasteiger partial charge < -0.3 is 15.0 Å². The molecule has 0 spiro atoms. The Morgan fingerprint density at radius 2 is 2.00 bits per heavy atom. The fourth-order valence-electron chi connectivity index (χ4n) is 2.54. The first-order valence-corrected chi connectivity index (χ1v) is 7.94. The van der Waals surface area contributed by atoms with E-state index in [1.807, 2.05) is 0 Å². The molecule has 1 aliphatic rings. The molecule has 0 saturated carbocycles. The minimum Gasteiger partial charge on any atom is -0.381 e. The summed E-state index contributed by atoms with van der Waals surface area (Å²) in [5.74, 6) is 1.79. The number of aromatic nitrogens is 1. The van der Waals surface area contributed by atoms with Gasteiger partial charge in [-0.1, -0.05) is 6.07 Å². The molecule has 0 atom stereocenters. The van der Waals surface area contributed by atoms with Crippen LogP contribution in [0.4, 0.5) is 5.82 Å². The van der Waals surface area contributed by atoms with E-state index in [2.05, 4.69) is 56.2 Å². The van der Waals surface area contributed by atoms with Gasteiger partial charge in [0.15, 0.2) is 0 Å². The van der Waals surface area contributed by atoms with Crippen LogP contribution in [0.25, 0.3) is 0 Å². The van der Waals surface area contributed by atoms with Crippen LogP contribution in [0.1, 0.15) is 39.3 Å². The molecule has 2 heterocycles. The molecule has 0 radical (unpaired) electrons. The molecule has 1 saturated heterocycles. The fraction of sp³-hybridized carbons (Fsp3) is 0.706. The normalized spacial score (nSPS) is 17.0. The summed E-state index contributed by atoms with van der Waals surface area (Å²) in [6, 6.07) is 6.28. The zero-order chi connectivity index (χ0) is 15.3. The number of pyridine rings is 1. The van der Waals surface area contributed by atoms with Crippen LogP contribution in [-0.2, 0) is 11.3 Å². The van der Waals surface area contributed by atoms with Crippen molar-refractivity contribution in [3.05, 3.63) is 23.9 Å². The molecule has 4 heteroatoms. The fourth-order valence-corrected chi connectivity index (χ4v) is 2.54. The number of ether oxygens (including phenoxy) is 1. The lowest BCUT2D eigenvalue weighted by Gasteiger charge is -2.28. The van der Waals surface area contributed by atoms with Crippen molar-refractivity contribution >= 4 is 5.82 Å². The number of hydrogen-bond acceptors (Lipinski definition) is 4. The third-order valence-corrected chi connectivity index (χ3v) is 3.86. The average Bonchev–Trinajstić information content (AvgIpc) is 2.46. The van der Waals surface area contributed by atoms with Gasteiger partial charge in [-0.3, -0.25) is 0 Å². The summed E-state index contributed by atoms with van der Waals surface area (Å²) < 4.78 is 5.43. The monoisotopic (exact) mass is 291 g/mol. The predicted octanol–water partition coefficient (Wildman–Crippen LogP) is 2.83. The van der Waals surface area contributed by atoms with Crippen molar-refractivity contribution in [2.75, 3.05) is 31.7 Å². The second-order valence-corrected chi connectivity index (χ2v) is 7.03. The molecular formula is C17H29N3O. The summed E-state index contributed by atoms with van der Waals surface area (Å²) in [6.07, 6.45) is 2.32. The van der Waals surface area contributed by atoms with Crippen molar-refractivity contribution in [1.82, 2.24) is 10.3 Å². The van der Waals surface area contributed by atoms with Crippen LogP contribution in [0.15, 0.2) is 18.2 Å². The Balaban J connectivity index is 1.92. The van der Waals surface area contributed by atoms with Gasteiger partial charge in [0.05, 0.1) is 5.69 Å². The van der Waals surface area contributed by atoms with Crippen molar-refractivity contribution in [2.24, 2.45) is 5.92 Å². The Hall–Kier alpha value is -1.13. The van der Waals surface area contributed by atoms with E-state index >= 15 is 0 Å².